The molecule has 7 heteroatoms. The number of piperidine rings is 1. The number of ether oxygens (including phenoxy) is 2. The highest BCUT2D eigenvalue weighted by Crippen LogP contribution is 2.48. The fourth-order valence-electron chi connectivity index (χ4n) is 5.24. The maximum absolute atomic E-state index is 13.4. The van der Waals surface area contributed by atoms with E-state index in [1.165, 1.54) is 17.7 Å². The molecule has 2 amide bonds. The zero-order valence-corrected chi connectivity index (χ0v) is 20.1. The van der Waals surface area contributed by atoms with E-state index in [0.29, 0.717) is 6.54 Å². The molecule has 0 radical (unpaired) electrons. The number of halogens is 1. The number of urea groups is 1. The number of carbonyl (C=O) groups is 1. The minimum atomic E-state index is -0.212. The number of likely N-dealkylation sites (tertiary alicyclic amines) is 1. The first kappa shape index (κ1) is 23.2. The van der Waals surface area contributed by atoms with Gasteiger partial charge in [-0.3, -0.25) is 9.80 Å². The van der Waals surface area contributed by atoms with Gasteiger partial charge >= 0.3 is 6.03 Å². The van der Waals surface area contributed by atoms with E-state index in [4.69, 9.17) is 9.47 Å². The van der Waals surface area contributed by atoms with Crippen LogP contribution in [0.15, 0.2) is 66.7 Å². The lowest BCUT2D eigenvalue weighted by Gasteiger charge is -2.40. The van der Waals surface area contributed by atoms with Crippen molar-refractivity contribution in [3.63, 3.8) is 0 Å². The summed E-state index contributed by atoms with van der Waals surface area (Å²) in [6, 6.07) is 19.9. The van der Waals surface area contributed by atoms with Gasteiger partial charge in [0, 0.05) is 29.9 Å². The zero-order chi connectivity index (χ0) is 24.4. The van der Waals surface area contributed by atoms with Crippen molar-refractivity contribution in [1.82, 2.24) is 4.90 Å². The van der Waals surface area contributed by atoms with Crippen molar-refractivity contribution in [2.24, 2.45) is 0 Å². The number of benzene rings is 3. The Morgan fingerprint density at radius 2 is 1.60 bits per heavy atom. The number of nitrogens with one attached hydrogen (secondary N) is 1. The predicted molar refractivity (Wildman–Crippen MR) is 135 cm³/mol. The Morgan fingerprint density at radius 1 is 0.943 bits per heavy atom. The predicted octanol–water partition coefficient (Wildman–Crippen LogP) is 5.43. The first-order chi connectivity index (χ1) is 17.0. The molecule has 0 atom stereocenters. The summed E-state index contributed by atoms with van der Waals surface area (Å²) in [5.41, 5.74) is 3.81. The maximum atomic E-state index is 13.4. The fraction of sp³-hybridized carbons (Fsp3) is 0.321. The van der Waals surface area contributed by atoms with Crippen LogP contribution >= 0.6 is 0 Å². The van der Waals surface area contributed by atoms with Crippen LogP contribution in [0.2, 0.25) is 0 Å². The van der Waals surface area contributed by atoms with Crippen LogP contribution in [-0.2, 0) is 12.0 Å². The lowest BCUT2D eigenvalue weighted by Crippen LogP contribution is -2.46. The maximum Gasteiger partial charge on any atom is 0.326 e. The molecule has 0 aromatic heterocycles. The third-order valence-electron chi connectivity index (χ3n) is 7.25. The first-order valence-electron chi connectivity index (χ1n) is 11.9. The fourth-order valence-corrected chi connectivity index (χ4v) is 5.24. The number of anilines is 2. The van der Waals surface area contributed by atoms with E-state index in [0.717, 1.165) is 60.9 Å². The summed E-state index contributed by atoms with van der Waals surface area (Å²) < 4.78 is 24.0. The molecule has 1 N–H and O–H groups in total. The van der Waals surface area contributed by atoms with Crippen molar-refractivity contribution in [2.75, 3.05) is 44.1 Å². The molecule has 182 valence electrons. The van der Waals surface area contributed by atoms with E-state index in [-0.39, 0.29) is 17.3 Å². The molecule has 2 aliphatic heterocycles. The lowest BCUT2D eigenvalue weighted by atomic mass is 9.74. The smallest absolute Gasteiger partial charge is 0.326 e. The number of fused-ring (bicyclic) bond motifs is 2. The number of nitrogens with zero attached hydrogens (tertiary/aromatic N) is 2. The molecule has 2 aliphatic rings. The second-order valence-electron chi connectivity index (χ2n) is 9.31. The standard InChI is InChI=1S/C28H30FN3O3/c1-34-23-9-7-22(8-10-23)30-27(33)32-19-28(25-17-24(35-2)11-12-26(25)32)13-15-31(16-14-28)18-20-3-5-21(29)6-4-20/h3-12,17H,13-16,18-19H2,1-2H3,(H,30,33). The number of amides is 2. The molecule has 5 rings (SSSR count). The number of hydrogen-bond acceptors (Lipinski definition) is 4. The van der Waals surface area contributed by atoms with E-state index in [1.54, 1.807) is 14.2 Å². The van der Waals surface area contributed by atoms with Gasteiger partial charge in [0.05, 0.1) is 14.2 Å². The molecule has 0 unspecified atom stereocenters. The van der Waals surface area contributed by atoms with Crippen LogP contribution in [0.25, 0.3) is 0 Å². The molecule has 35 heavy (non-hydrogen) atoms. The molecule has 3 aromatic carbocycles. The SMILES string of the molecule is COc1ccc(NC(=O)N2CC3(CCN(Cc4ccc(F)cc4)CC3)c3cc(OC)ccc32)cc1. The molecule has 6 nitrogen and oxygen atoms in total. The van der Waals surface area contributed by atoms with Crippen LogP contribution in [0.3, 0.4) is 0 Å². The van der Waals surface area contributed by atoms with E-state index in [2.05, 4.69) is 16.3 Å². The third-order valence-corrected chi connectivity index (χ3v) is 7.25. The second-order valence-corrected chi connectivity index (χ2v) is 9.31. The van der Waals surface area contributed by atoms with Gasteiger partial charge < -0.3 is 14.8 Å². The van der Waals surface area contributed by atoms with Crippen LogP contribution in [0.5, 0.6) is 11.5 Å². The molecule has 1 saturated heterocycles. The van der Waals surface area contributed by atoms with Crippen LogP contribution in [0, 0.1) is 5.82 Å². The highest BCUT2D eigenvalue weighted by atomic mass is 19.1. The molecule has 0 bridgehead atoms. The molecular formula is C28H30FN3O3. The first-order valence-corrected chi connectivity index (χ1v) is 11.9. The normalized spacial score (nSPS) is 16.7. The molecule has 1 fully saturated rings. The number of hydrogen-bond donors (Lipinski definition) is 1. The van der Waals surface area contributed by atoms with Crippen LogP contribution in [0.1, 0.15) is 24.0 Å². The summed E-state index contributed by atoms with van der Waals surface area (Å²) in [6.45, 7) is 3.23. The summed E-state index contributed by atoms with van der Waals surface area (Å²) >= 11 is 0. The van der Waals surface area contributed by atoms with Gasteiger partial charge in [-0.15, -0.1) is 0 Å². The molecule has 2 heterocycles. The van der Waals surface area contributed by atoms with E-state index < -0.39 is 0 Å². The minimum absolute atomic E-state index is 0.125. The number of methoxy groups -OCH3 is 2. The van der Waals surface area contributed by atoms with Crippen molar-refractivity contribution in [2.45, 2.75) is 24.8 Å². The van der Waals surface area contributed by atoms with Crippen LogP contribution < -0.4 is 19.7 Å². The Morgan fingerprint density at radius 3 is 2.26 bits per heavy atom. The Hall–Kier alpha value is -3.58. The van der Waals surface area contributed by atoms with Crippen molar-refractivity contribution in [1.29, 1.82) is 0 Å². The summed E-state index contributed by atoms with van der Waals surface area (Å²) in [7, 11) is 3.29. The van der Waals surface area contributed by atoms with Gasteiger partial charge in [-0.25, -0.2) is 9.18 Å². The average molecular weight is 476 g/mol. The van der Waals surface area contributed by atoms with Crippen LogP contribution in [-0.4, -0.2) is 44.8 Å². The molecule has 1 spiro atoms. The van der Waals surface area contributed by atoms with E-state index >= 15 is 0 Å². The molecular weight excluding hydrogens is 445 g/mol. The van der Waals surface area contributed by atoms with Crippen molar-refractivity contribution in [3.05, 3.63) is 83.7 Å². The van der Waals surface area contributed by atoms with Crippen molar-refractivity contribution >= 4 is 17.4 Å². The second kappa shape index (κ2) is 9.58. The Balaban J connectivity index is 1.34. The third kappa shape index (κ3) is 4.68. The van der Waals surface area contributed by atoms with Crippen LogP contribution in [0.4, 0.5) is 20.6 Å². The van der Waals surface area contributed by atoms with Gasteiger partial charge in [-0.1, -0.05) is 12.1 Å². The topological polar surface area (TPSA) is 54.0 Å². The van der Waals surface area contributed by atoms with Gasteiger partial charge in [-0.2, -0.15) is 0 Å². The van der Waals surface area contributed by atoms with Gasteiger partial charge in [-0.05, 0) is 91.7 Å². The Kier molecular flexibility index (Phi) is 6.34. The van der Waals surface area contributed by atoms with Gasteiger partial charge in [0.1, 0.15) is 17.3 Å². The van der Waals surface area contributed by atoms with Gasteiger partial charge in [0.15, 0.2) is 0 Å². The Labute approximate surface area is 205 Å². The van der Waals surface area contributed by atoms with Gasteiger partial charge in [0.2, 0.25) is 0 Å². The summed E-state index contributed by atoms with van der Waals surface area (Å²) in [5, 5.41) is 3.03. The molecule has 0 saturated carbocycles. The summed E-state index contributed by atoms with van der Waals surface area (Å²) in [6.07, 6.45) is 1.86. The van der Waals surface area contributed by atoms with E-state index in [1.807, 2.05) is 53.4 Å². The highest BCUT2D eigenvalue weighted by molar-refractivity contribution is 6.03. The minimum Gasteiger partial charge on any atom is -0.497 e. The monoisotopic (exact) mass is 475 g/mol. The summed E-state index contributed by atoms with van der Waals surface area (Å²) in [4.78, 5) is 17.6. The average Bonchev–Trinajstić information content (AvgIpc) is 3.20. The van der Waals surface area contributed by atoms with Crippen molar-refractivity contribution < 1.29 is 18.7 Å². The van der Waals surface area contributed by atoms with Crippen molar-refractivity contribution in [3.8, 4) is 11.5 Å². The van der Waals surface area contributed by atoms with E-state index in [9.17, 15) is 9.18 Å². The quantitative estimate of drug-likeness (QED) is 0.535. The number of rotatable bonds is 5. The highest BCUT2D eigenvalue weighted by Gasteiger charge is 2.46. The zero-order valence-electron chi connectivity index (χ0n) is 20.1. The Bertz CT molecular complexity index is 1190. The molecule has 0 aliphatic carbocycles. The largest absolute Gasteiger partial charge is 0.497 e. The number of carbonyl (C=O) groups excluding carboxylic acids is 1. The molecule has 3 aromatic rings. The lowest BCUT2D eigenvalue weighted by molar-refractivity contribution is 0.160. The van der Waals surface area contributed by atoms with Gasteiger partial charge in [0.25, 0.3) is 0 Å². The summed E-state index contributed by atoms with van der Waals surface area (Å²) in [5.74, 6) is 1.33.